The number of rotatable bonds is 3. The Balaban J connectivity index is 1.61. The Hall–Kier alpha value is -2.60. The van der Waals surface area contributed by atoms with E-state index in [1.807, 2.05) is 36.4 Å². The molecule has 1 N–H and O–H groups in total. The standard InChI is InChI=1S/C24H32N4O2/c1-2-28-16-9-10-19(28)18-27-23-20-11-8-15-26-24(20)30-22-13-5-4-12-21(22)29-17-7-3-6-14-25-23/h4-5,8,11-13,15,19H,2-3,6-7,9-10,14,16-18H2,1H3,(H,25,27). The summed E-state index contributed by atoms with van der Waals surface area (Å²) in [6.07, 6.45) is 7.39. The van der Waals surface area contributed by atoms with Crippen LogP contribution < -0.4 is 14.8 Å². The van der Waals surface area contributed by atoms with Crippen LogP contribution in [0.2, 0.25) is 0 Å². The average molecular weight is 409 g/mol. The van der Waals surface area contributed by atoms with Gasteiger partial charge in [0, 0.05) is 25.3 Å². The van der Waals surface area contributed by atoms with Gasteiger partial charge in [0.15, 0.2) is 11.5 Å². The number of likely N-dealkylation sites (N-methyl/N-ethyl adjacent to an activating group) is 1. The fourth-order valence-corrected chi connectivity index (χ4v) is 4.17. The number of pyridine rings is 1. The quantitative estimate of drug-likeness (QED) is 0.822. The Morgan fingerprint density at radius 3 is 2.87 bits per heavy atom. The molecule has 6 heteroatoms. The van der Waals surface area contributed by atoms with E-state index in [0.29, 0.717) is 24.3 Å². The first-order valence-corrected chi connectivity index (χ1v) is 11.2. The largest absolute Gasteiger partial charge is 0.490 e. The molecule has 3 heterocycles. The van der Waals surface area contributed by atoms with Crippen LogP contribution in [0, 0.1) is 0 Å². The molecule has 1 unspecified atom stereocenters. The molecule has 30 heavy (non-hydrogen) atoms. The number of nitrogens with one attached hydrogen (secondary N) is 1. The summed E-state index contributed by atoms with van der Waals surface area (Å²) in [4.78, 5) is 12.0. The normalized spacial score (nSPS) is 20.3. The highest BCUT2D eigenvalue weighted by atomic mass is 16.5. The minimum atomic E-state index is 0.553. The summed E-state index contributed by atoms with van der Waals surface area (Å²) in [5.41, 5.74) is 0.896. The summed E-state index contributed by atoms with van der Waals surface area (Å²) >= 11 is 0. The molecule has 0 radical (unpaired) electrons. The third kappa shape index (κ3) is 5.11. The highest BCUT2D eigenvalue weighted by molar-refractivity contribution is 6.00. The molecule has 4 rings (SSSR count). The summed E-state index contributed by atoms with van der Waals surface area (Å²) in [5.74, 6) is 2.87. The van der Waals surface area contributed by atoms with Crippen molar-refractivity contribution in [2.24, 2.45) is 4.99 Å². The summed E-state index contributed by atoms with van der Waals surface area (Å²) in [6, 6.07) is 12.3. The number of fused-ring (bicyclic) bond motifs is 2. The zero-order chi connectivity index (χ0) is 20.6. The van der Waals surface area contributed by atoms with Crippen molar-refractivity contribution < 1.29 is 9.47 Å². The lowest BCUT2D eigenvalue weighted by molar-refractivity contribution is 0.267. The van der Waals surface area contributed by atoms with E-state index in [0.717, 1.165) is 56.0 Å². The molecular formula is C24H32N4O2. The van der Waals surface area contributed by atoms with Crippen molar-refractivity contribution in [3.8, 4) is 17.4 Å². The monoisotopic (exact) mass is 408 g/mol. The predicted octanol–water partition coefficient (Wildman–Crippen LogP) is 4.26. The van der Waals surface area contributed by atoms with Gasteiger partial charge in [0.25, 0.3) is 0 Å². The Kier molecular flexibility index (Phi) is 7.19. The van der Waals surface area contributed by atoms with Gasteiger partial charge < -0.3 is 14.8 Å². The van der Waals surface area contributed by atoms with Crippen LogP contribution in [-0.2, 0) is 0 Å². The van der Waals surface area contributed by atoms with E-state index in [9.17, 15) is 0 Å². The summed E-state index contributed by atoms with van der Waals surface area (Å²) in [6.45, 7) is 6.87. The zero-order valence-electron chi connectivity index (χ0n) is 17.8. The first kappa shape index (κ1) is 20.7. The van der Waals surface area contributed by atoms with E-state index >= 15 is 0 Å². The Morgan fingerprint density at radius 1 is 1.07 bits per heavy atom. The van der Waals surface area contributed by atoms with Gasteiger partial charge in [-0.3, -0.25) is 9.89 Å². The molecule has 2 aromatic rings. The molecule has 0 spiro atoms. The maximum Gasteiger partial charge on any atom is 0.230 e. The van der Waals surface area contributed by atoms with E-state index in [-0.39, 0.29) is 0 Å². The van der Waals surface area contributed by atoms with Crippen molar-refractivity contribution in [3.05, 3.63) is 48.2 Å². The Bertz CT molecular complexity index is 855. The smallest absolute Gasteiger partial charge is 0.230 e. The number of likely N-dealkylation sites (tertiary alicyclic amines) is 1. The van der Waals surface area contributed by atoms with Crippen LogP contribution in [0.15, 0.2) is 47.6 Å². The summed E-state index contributed by atoms with van der Waals surface area (Å²) < 4.78 is 12.2. The van der Waals surface area contributed by atoms with Gasteiger partial charge in [-0.2, -0.15) is 0 Å². The second-order valence-electron chi connectivity index (χ2n) is 7.85. The number of hydrogen-bond donors (Lipinski definition) is 1. The molecule has 0 aliphatic carbocycles. The van der Waals surface area contributed by atoms with Crippen molar-refractivity contribution in [2.45, 2.75) is 45.1 Å². The highest BCUT2D eigenvalue weighted by Crippen LogP contribution is 2.32. The maximum atomic E-state index is 6.23. The van der Waals surface area contributed by atoms with Gasteiger partial charge in [0.05, 0.1) is 12.2 Å². The Morgan fingerprint density at radius 2 is 1.97 bits per heavy atom. The third-order valence-electron chi connectivity index (χ3n) is 5.82. The van der Waals surface area contributed by atoms with Crippen molar-refractivity contribution in [1.29, 1.82) is 0 Å². The molecule has 0 bridgehead atoms. The fraction of sp³-hybridized carbons (Fsp3) is 0.500. The highest BCUT2D eigenvalue weighted by Gasteiger charge is 2.24. The lowest BCUT2D eigenvalue weighted by atomic mass is 10.2. The van der Waals surface area contributed by atoms with Crippen molar-refractivity contribution in [2.75, 3.05) is 32.8 Å². The third-order valence-corrected chi connectivity index (χ3v) is 5.82. The Labute approximate surface area is 179 Å². The van der Waals surface area contributed by atoms with Crippen LogP contribution in [-0.4, -0.2) is 54.5 Å². The van der Waals surface area contributed by atoms with Crippen LogP contribution in [0.5, 0.6) is 17.4 Å². The molecule has 2 aliphatic heterocycles. The molecule has 1 saturated heterocycles. The number of hydrogen-bond acceptors (Lipinski definition) is 6. The molecule has 1 aromatic carbocycles. The van der Waals surface area contributed by atoms with Crippen molar-refractivity contribution in [3.63, 3.8) is 0 Å². The van der Waals surface area contributed by atoms with E-state index in [1.54, 1.807) is 6.20 Å². The van der Waals surface area contributed by atoms with Gasteiger partial charge >= 0.3 is 0 Å². The van der Waals surface area contributed by atoms with Crippen LogP contribution in [0.1, 0.15) is 44.6 Å². The second kappa shape index (κ2) is 10.4. The topological polar surface area (TPSA) is 59.0 Å². The molecule has 1 fully saturated rings. The average Bonchev–Trinajstić information content (AvgIpc) is 3.24. The molecule has 160 valence electrons. The van der Waals surface area contributed by atoms with Crippen LogP contribution in [0.4, 0.5) is 0 Å². The van der Waals surface area contributed by atoms with E-state index in [4.69, 9.17) is 14.5 Å². The van der Waals surface area contributed by atoms with E-state index < -0.39 is 0 Å². The van der Waals surface area contributed by atoms with Gasteiger partial charge in [0.1, 0.15) is 5.84 Å². The van der Waals surface area contributed by atoms with Crippen LogP contribution >= 0.6 is 0 Å². The van der Waals surface area contributed by atoms with Gasteiger partial charge in [-0.25, -0.2) is 4.98 Å². The molecule has 6 nitrogen and oxygen atoms in total. The zero-order valence-corrected chi connectivity index (χ0v) is 17.8. The van der Waals surface area contributed by atoms with Crippen LogP contribution in [0.3, 0.4) is 0 Å². The maximum absolute atomic E-state index is 6.23. The first-order chi connectivity index (χ1) is 14.8. The predicted molar refractivity (Wildman–Crippen MR) is 120 cm³/mol. The SMILES string of the molecule is CCN1CCCC1CNC1=NCCCCCOc2ccccc2Oc2ncccc21. The van der Waals surface area contributed by atoms with Gasteiger partial charge in [-0.05, 0) is 69.5 Å². The lowest BCUT2D eigenvalue weighted by Crippen LogP contribution is -2.40. The molecular weight excluding hydrogens is 376 g/mol. The van der Waals surface area contributed by atoms with E-state index in [1.165, 1.54) is 19.4 Å². The van der Waals surface area contributed by atoms with Gasteiger partial charge in [-0.1, -0.05) is 19.1 Å². The number of nitrogens with zero attached hydrogens (tertiary/aromatic N) is 3. The summed E-state index contributed by atoms with van der Waals surface area (Å²) in [5, 5.41) is 3.63. The van der Waals surface area contributed by atoms with Crippen molar-refractivity contribution >= 4 is 5.84 Å². The number of ether oxygens (including phenoxy) is 2. The number of aliphatic imine (C=N–C) groups is 1. The number of para-hydroxylation sites is 2. The minimum absolute atomic E-state index is 0.553. The first-order valence-electron chi connectivity index (χ1n) is 11.2. The second-order valence-corrected chi connectivity index (χ2v) is 7.85. The minimum Gasteiger partial charge on any atom is -0.490 e. The van der Waals surface area contributed by atoms with Gasteiger partial charge in [0.2, 0.25) is 5.88 Å². The van der Waals surface area contributed by atoms with Crippen molar-refractivity contribution in [1.82, 2.24) is 15.2 Å². The fourth-order valence-electron chi connectivity index (χ4n) is 4.17. The molecule has 1 atom stereocenters. The molecule has 0 amide bonds. The van der Waals surface area contributed by atoms with Gasteiger partial charge in [-0.15, -0.1) is 0 Å². The van der Waals surface area contributed by atoms with E-state index in [2.05, 4.69) is 22.1 Å². The number of benzene rings is 1. The van der Waals surface area contributed by atoms with Crippen LogP contribution in [0.25, 0.3) is 0 Å². The molecule has 1 aromatic heterocycles. The molecule has 2 aliphatic rings. The lowest BCUT2D eigenvalue weighted by Gasteiger charge is -2.24. The summed E-state index contributed by atoms with van der Waals surface area (Å²) in [7, 11) is 0. The number of amidine groups is 1. The molecule has 0 saturated carbocycles. The number of aromatic nitrogens is 1.